The van der Waals surface area contributed by atoms with Gasteiger partial charge in [0.25, 0.3) is 5.91 Å². The first-order valence-electron chi connectivity index (χ1n) is 11.2. The van der Waals surface area contributed by atoms with Crippen molar-refractivity contribution >= 4 is 39.8 Å². The second-order valence-electron chi connectivity index (χ2n) is 9.74. The molecule has 6 aliphatic rings. The Morgan fingerprint density at radius 2 is 1.75 bits per heavy atom. The number of methoxy groups -OCH3 is 2. The molecule has 8 heteroatoms. The predicted octanol–water partition coefficient (Wildman–Crippen LogP) is 4.54. The summed E-state index contributed by atoms with van der Waals surface area (Å²) in [5, 5.41) is 16.8. The summed E-state index contributed by atoms with van der Waals surface area (Å²) < 4.78 is 10.7. The number of fused-ring (bicyclic) bond motifs is 1. The molecule has 1 N–H and O–H groups in total. The van der Waals surface area contributed by atoms with E-state index in [0.29, 0.717) is 16.7 Å². The van der Waals surface area contributed by atoms with Gasteiger partial charge in [-0.25, -0.2) is 0 Å². The van der Waals surface area contributed by atoms with Crippen LogP contribution in [0.1, 0.15) is 44.1 Å². The van der Waals surface area contributed by atoms with Crippen LogP contribution in [-0.2, 0) is 4.79 Å². The average Bonchev–Trinajstić information content (AvgIpc) is 3.20. The molecule has 4 saturated carbocycles. The van der Waals surface area contributed by atoms with Gasteiger partial charge in [0.05, 0.1) is 19.8 Å². The highest BCUT2D eigenvalue weighted by atomic mass is 32.2. The van der Waals surface area contributed by atoms with Gasteiger partial charge in [0.2, 0.25) is 5.17 Å². The average molecular weight is 451 g/mol. The molecule has 0 atom stereocenters. The second kappa shape index (κ2) is 7.20. The molecule has 4 bridgehead atoms. The van der Waals surface area contributed by atoms with Crippen LogP contribution in [0.3, 0.4) is 0 Å². The molecule has 32 heavy (non-hydrogen) atoms. The van der Waals surface area contributed by atoms with Crippen LogP contribution in [-0.4, -0.2) is 41.2 Å². The summed E-state index contributed by atoms with van der Waals surface area (Å²) in [6.45, 7) is 0. The SMILES string of the molecule is COc1ccc(/C=C2/C(=N)N3N=C(C45CC6CC(CC(C6)C4)C5)SC3=NC2=O)cc1OC. The van der Waals surface area contributed by atoms with Crippen molar-refractivity contribution in [3.8, 4) is 11.5 Å². The van der Waals surface area contributed by atoms with Crippen molar-refractivity contribution < 1.29 is 14.3 Å². The van der Waals surface area contributed by atoms with E-state index in [1.54, 1.807) is 37.4 Å². The van der Waals surface area contributed by atoms with E-state index >= 15 is 0 Å². The van der Waals surface area contributed by atoms with Crippen LogP contribution in [0.5, 0.6) is 11.5 Å². The summed E-state index contributed by atoms with van der Waals surface area (Å²) in [6.07, 6.45) is 9.37. The number of aliphatic imine (C=N–C) groups is 1. The monoisotopic (exact) mass is 450 g/mol. The number of hydrogen-bond acceptors (Lipinski definition) is 6. The smallest absolute Gasteiger partial charge is 0.283 e. The molecule has 0 aromatic heterocycles. The van der Waals surface area contributed by atoms with Crippen molar-refractivity contribution in [1.29, 1.82) is 5.41 Å². The Hall–Kier alpha value is -2.61. The summed E-state index contributed by atoms with van der Waals surface area (Å²) in [7, 11) is 3.15. The lowest BCUT2D eigenvalue weighted by Crippen LogP contribution is -2.49. The van der Waals surface area contributed by atoms with Crippen molar-refractivity contribution in [3.63, 3.8) is 0 Å². The van der Waals surface area contributed by atoms with E-state index < -0.39 is 5.91 Å². The third kappa shape index (κ3) is 3.03. The van der Waals surface area contributed by atoms with Crippen molar-refractivity contribution in [2.24, 2.45) is 33.3 Å². The fraction of sp³-hybridized carbons (Fsp3) is 0.500. The van der Waals surface area contributed by atoms with Gasteiger partial charge >= 0.3 is 0 Å². The molecule has 4 aliphatic carbocycles. The molecule has 1 aromatic rings. The van der Waals surface area contributed by atoms with E-state index in [0.717, 1.165) is 28.4 Å². The highest BCUT2D eigenvalue weighted by Gasteiger charge is 2.55. The Balaban J connectivity index is 1.31. The molecule has 4 fully saturated rings. The number of thioether (sulfide) groups is 1. The van der Waals surface area contributed by atoms with Gasteiger partial charge in [-0.1, -0.05) is 6.07 Å². The molecule has 2 heterocycles. The topological polar surface area (TPSA) is 87.3 Å². The number of rotatable bonds is 4. The number of ether oxygens (including phenoxy) is 2. The number of hydrogen-bond donors (Lipinski definition) is 1. The normalized spacial score (nSPS) is 34.0. The number of nitrogens with zero attached hydrogens (tertiary/aromatic N) is 3. The molecule has 0 unspecified atom stereocenters. The van der Waals surface area contributed by atoms with E-state index in [2.05, 4.69) is 4.99 Å². The fourth-order valence-electron chi connectivity index (χ4n) is 6.69. The molecule has 7 rings (SSSR count). The van der Waals surface area contributed by atoms with Gasteiger partial charge in [-0.2, -0.15) is 15.1 Å². The lowest BCUT2D eigenvalue weighted by molar-refractivity contribution is -0.114. The molecule has 1 amide bonds. The number of carbonyl (C=O) groups excluding carboxylic acids is 1. The Morgan fingerprint density at radius 1 is 1.09 bits per heavy atom. The van der Waals surface area contributed by atoms with Crippen molar-refractivity contribution in [1.82, 2.24) is 5.01 Å². The standard InChI is InChI=1S/C24H26N4O3S/c1-30-18-4-3-13(9-19(18)31-2)8-17-20(25)28-23(26-21(17)29)32-22(27-28)24-10-14-5-15(11-24)7-16(6-14)12-24/h3-4,8-9,14-16,25H,5-7,10-12H2,1-2H3/b17-8-,25-20?. The molecule has 0 spiro atoms. The largest absolute Gasteiger partial charge is 0.493 e. The minimum atomic E-state index is -0.398. The minimum absolute atomic E-state index is 0.0852. The first-order chi connectivity index (χ1) is 15.5. The number of benzene rings is 1. The molecule has 166 valence electrons. The Labute approximate surface area is 191 Å². The molecule has 7 nitrogen and oxygen atoms in total. The molecular formula is C24H26N4O3S. The Bertz CT molecular complexity index is 1090. The zero-order valence-corrected chi connectivity index (χ0v) is 19.1. The minimum Gasteiger partial charge on any atom is -0.493 e. The summed E-state index contributed by atoms with van der Waals surface area (Å²) in [6, 6.07) is 5.40. The van der Waals surface area contributed by atoms with Crippen LogP contribution >= 0.6 is 11.8 Å². The second-order valence-corrected chi connectivity index (χ2v) is 10.7. The number of amidine groups is 2. The van der Waals surface area contributed by atoms with E-state index in [-0.39, 0.29) is 16.8 Å². The lowest BCUT2D eigenvalue weighted by atomic mass is 9.50. The van der Waals surface area contributed by atoms with Gasteiger partial charge in [-0.15, -0.1) is 0 Å². The number of amides is 1. The van der Waals surface area contributed by atoms with E-state index in [1.165, 1.54) is 50.3 Å². The van der Waals surface area contributed by atoms with Gasteiger partial charge < -0.3 is 9.47 Å². The van der Waals surface area contributed by atoms with Crippen molar-refractivity contribution in [2.45, 2.75) is 38.5 Å². The van der Waals surface area contributed by atoms with Gasteiger partial charge in [-0.05, 0) is 91.8 Å². The number of hydrazone groups is 1. The Kier molecular flexibility index (Phi) is 4.51. The van der Waals surface area contributed by atoms with Crippen molar-refractivity contribution in [3.05, 3.63) is 29.3 Å². The number of nitrogens with one attached hydrogen (secondary N) is 1. The maximum absolute atomic E-state index is 12.8. The molecule has 2 aliphatic heterocycles. The number of carbonyl (C=O) groups is 1. The summed E-state index contributed by atoms with van der Waals surface area (Å²) in [5.41, 5.74) is 1.10. The molecular weight excluding hydrogens is 424 g/mol. The predicted molar refractivity (Wildman–Crippen MR) is 125 cm³/mol. The summed E-state index contributed by atoms with van der Waals surface area (Å²) >= 11 is 1.51. The Morgan fingerprint density at radius 3 is 2.38 bits per heavy atom. The maximum Gasteiger partial charge on any atom is 0.283 e. The third-order valence-electron chi connectivity index (χ3n) is 7.67. The molecule has 1 aromatic carbocycles. The zero-order valence-electron chi connectivity index (χ0n) is 18.3. The third-order valence-corrected chi connectivity index (χ3v) is 8.82. The summed E-state index contributed by atoms with van der Waals surface area (Å²) in [5.74, 6) is 3.30. The summed E-state index contributed by atoms with van der Waals surface area (Å²) in [4.78, 5) is 17.2. The van der Waals surface area contributed by atoms with Crippen molar-refractivity contribution in [2.75, 3.05) is 14.2 Å². The van der Waals surface area contributed by atoms with E-state index in [1.807, 2.05) is 6.07 Å². The van der Waals surface area contributed by atoms with E-state index in [9.17, 15) is 4.79 Å². The van der Waals surface area contributed by atoms with Gasteiger partial charge in [0.1, 0.15) is 5.04 Å². The fourth-order valence-corrected chi connectivity index (χ4v) is 7.80. The quantitative estimate of drug-likeness (QED) is 0.681. The van der Waals surface area contributed by atoms with E-state index in [4.69, 9.17) is 20.0 Å². The van der Waals surface area contributed by atoms with Crippen LogP contribution in [0.4, 0.5) is 0 Å². The van der Waals surface area contributed by atoms with Gasteiger partial charge in [-0.3, -0.25) is 10.2 Å². The maximum atomic E-state index is 12.8. The van der Waals surface area contributed by atoms with Crippen LogP contribution in [0, 0.1) is 28.6 Å². The van der Waals surface area contributed by atoms with Gasteiger partial charge in [0, 0.05) is 5.41 Å². The molecule has 0 radical (unpaired) electrons. The van der Waals surface area contributed by atoms with Crippen LogP contribution in [0.2, 0.25) is 0 Å². The lowest BCUT2D eigenvalue weighted by Gasteiger charge is -2.56. The molecule has 0 saturated heterocycles. The van der Waals surface area contributed by atoms with Crippen LogP contribution < -0.4 is 9.47 Å². The van der Waals surface area contributed by atoms with Gasteiger partial charge in [0.15, 0.2) is 17.3 Å². The van der Waals surface area contributed by atoms with Crippen LogP contribution in [0.15, 0.2) is 33.9 Å². The first kappa shape index (κ1) is 20.0. The highest BCUT2D eigenvalue weighted by molar-refractivity contribution is 8.27. The first-order valence-corrected chi connectivity index (χ1v) is 12.0. The van der Waals surface area contributed by atoms with Crippen LogP contribution in [0.25, 0.3) is 6.08 Å². The zero-order chi connectivity index (χ0) is 22.0. The highest BCUT2D eigenvalue weighted by Crippen LogP contribution is 2.62.